The second-order valence-corrected chi connectivity index (χ2v) is 4.28. The molecule has 1 N–H and O–H groups in total. The van der Waals surface area contributed by atoms with Gasteiger partial charge in [-0.2, -0.15) is 4.39 Å². The van der Waals surface area contributed by atoms with Gasteiger partial charge in [0.1, 0.15) is 0 Å². The Balaban J connectivity index is 2.51. The molecule has 0 amide bonds. The van der Waals surface area contributed by atoms with E-state index in [1.54, 1.807) is 6.07 Å². The molecule has 1 heterocycles. The highest BCUT2D eigenvalue weighted by atomic mass is 35.5. The van der Waals surface area contributed by atoms with Gasteiger partial charge in [-0.3, -0.25) is 0 Å². The monoisotopic (exact) mass is 285 g/mol. The third-order valence-electron chi connectivity index (χ3n) is 2.30. The molecule has 2 aromatic rings. The number of pyridine rings is 1. The molecule has 1 aromatic heterocycles. The number of hydrogen-bond donors (Lipinski definition) is 1. The van der Waals surface area contributed by atoms with E-state index in [9.17, 15) is 9.18 Å². The van der Waals surface area contributed by atoms with Gasteiger partial charge in [-0.1, -0.05) is 29.3 Å². The van der Waals surface area contributed by atoms with E-state index in [-0.39, 0.29) is 16.3 Å². The Labute approximate surface area is 112 Å². The van der Waals surface area contributed by atoms with Gasteiger partial charge >= 0.3 is 5.97 Å². The largest absolute Gasteiger partial charge is 0.477 e. The number of benzene rings is 1. The second kappa shape index (κ2) is 4.92. The summed E-state index contributed by atoms with van der Waals surface area (Å²) < 4.78 is 13.7. The van der Waals surface area contributed by atoms with Crippen molar-refractivity contribution in [3.63, 3.8) is 0 Å². The highest BCUT2D eigenvalue weighted by Crippen LogP contribution is 2.29. The van der Waals surface area contributed by atoms with Gasteiger partial charge in [0, 0.05) is 5.56 Å². The molecule has 0 aliphatic carbocycles. The molecule has 3 nitrogen and oxygen atoms in total. The maximum atomic E-state index is 13.7. The van der Waals surface area contributed by atoms with Crippen LogP contribution >= 0.6 is 23.2 Å². The first kappa shape index (κ1) is 12.8. The number of carbonyl (C=O) groups is 1. The smallest absolute Gasteiger partial charge is 0.354 e. The van der Waals surface area contributed by atoms with E-state index >= 15 is 0 Å². The maximum absolute atomic E-state index is 13.7. The molecule has 0 fully saturated rings. The normalized spacial score (nSPS) is 10.4. The lowest BCUT2D eigenvalue weighted by molar-refractivity contribution is 0.0689. The average molecular weight is 286 g/mol. The molecular formula is C12H6Cl2FNO2. The van der Waals surface area contributed by atoms with Crippen LogP contribution in [0.5, 0.6) is 0 Å². The van der Waals surface area contributed by atoms with E-state index in [1.165, 1.54) is 24.3 Å². The zero-order valence-corrected chi connectivity index (χ0v) is 10.3. The topological polar surface area (TPSA) is 50.2 Å². The zero-order chi connectivity index (χ0) is 13.3. The lowest BCUT2D eigenvalue weighted by atomic mass is 10.1. The summed E-state index contributed by atoms with van der Waals surface area (Å²) in [5.41, 5.74) is 0.293. The molecule has 0 saturated carbocycles. The van der Waals surface area contributed by atoms with Crippen LogP contribution in [0.3, 0.4) is 0 Å². The summed E-state index contributed by atoms with van der Waals surface area (Å²) in [6, 6.07) is 7.16. The van der Waals surface area contributed by atoms with E-state index in [0.717, 1.165) is 0 Å². The van der Waals surface area contributed by atoms with Gasteiger partial charge < -0.3 is 5.11 Å². The Morgan fingerprint density at radius 2 is 1.89 bits per heavy atom. The van der Waals surface area contributed by atoms with Crippen LogP contribution in [-0.2, 0) is 0 Å². The van der Waals surface area contributed by atoms with Crippen LogP contribution in [0.2, 0.25) is 10.0 Å². The molecule has 0 unspecified atom stereocenters. The highest BCUT2D eigenvalue weighted by Gasteiger charge is 2.12. The lowest BCUT2D eigenvalue weighted by Crippen LogP contribution is -2.02. The van der Waals surface area contributed by atoms with Gasteiger partial charge in [-0.15, -0.1) is 0 Å². The Hall–Kier alpha value is -1.65. The standard InChI is InChI=1S/C12H6Cl2FNO2/c13-8-3-1-6(5-9(8)14)7-2-4-10(12(17)18)16-11(7)15/h1-5H,(H,17,18). The molecule has 0 atom stereocenters. The molecule has 0 aliphatic rings. The van der Waals surface area contributed by atoms with Crippen LogP contribution in [0.25, 0.3) is 11.1 Å². The average Bonchev–Trinajstić information content (AvgIpc) is 2.32. The van der Waals surface area contributed by atoms with Gasteiger partial charge in [0.15, 0.2) is 5.69 Å². The van der Waals surface area contributed by atoms with Crippen molar-refractivity contribution in [3.05, 3.63) is 52.0 Å². The molecule has 0 radical (unpaired) electrons. The summed E-state index contributed by atoms with van der Waals surface area (Å²) in [5.74, 6) is -2.15. The van der Waals surface area contributed by atoms with E-state index in [0.29, 0.717) is 10.6 Å². The number of carboxylic acids is 1. The van der Waals surface area contributed by atoms with Gasteiger partial charge in [0.05, 0.1) is 10.0 Å². The zero-order valence-electron chi connectivity index (χ0n) is 8.82. The molecule has 1 aromatic carbocycles. The number of aromatic carboxylic acids is 1. The van der Waals surface area contributed by atoms with Crippen LogP contribution in [0, 0.1) is 5.95 Å². The highest BCUT2D eigenvalue weighted by molar-refractivity contribution is 6.42. The molecule has 0 saturated heterocycles. The predicted molar refractivity (Wildman–Crippen MR) is 66.6 cm³/mol. The van der Waals surface area contributed by atoms with Crippen molar-refractivity contribution in [1.29, 1.82) is 0 Å². The van der Waals surface area contributed by atoms with E-state index < -0.39 is 11.9 Å². The van der Waals surface area contributed by atoms with Crippen LogP contribution in [-0.4, -0.2) is 16.1 Å². The molecule has 18 heavy (non-hydrogen) atoms. The third-order valence-corrected chi connectivity index (χ3v) is 3.04. The summed E-state index contributed by atoms with van der Waals surface area (Å²) in [6.45, 7) is 0. The Kier molecular flexibility index (Phi) is 3.50. The quantitative estimate of drug-likeness (QED) is 0.852. The molecular weight excluding hydrogens is 280 g/mol. The van der Waals surface area contributed by atoms with E-state index in [1.807, 2.05) is 0 Å². The van der Waals surface area contributed by atoms with Crippen LogP contribution < -0.4 is 0 Å². The van der Waals surface area contributed by atoms with Gasteiger partial charge in [-0.25, -0.2) is 9.78 Å². The van der Waals surface area contributed by atoms with Crippen molar-refractivity contribution in [2.45, 2.75) is 0 Å². The summed E-state index contributed by atoms with van der Waals surface area (Å²) in [6.07, 6.45) is 0. The number of hydrogen-bond acceptors (Lipinski definition) is 2. The molecule has 0 spiro atoms. The number of halogens is 3. The Morgan fingerprint density at radius 1 is 1.17 bits per heavy atom. The summed E-state index contributed by atoms with van der Waals surface area (Å²) >= 11 is 11.6. The number of carboxylic acid groups (broad SMARTS) is 1. The molecule has 2 rings (SSSR count). The van der Waals surface area contributed by atoms with Crippen molar-refractivity contribution >= 4 is 29.2 Å². The fraction of sp³-hybridized carbons (Fsp3) is 0. The van der Waals surface area contributed by atoms with Crippen LogP contribution in [0.1, 0.15) is 10.5 Å². The number of aromatic nitrogens is 1. The fourth-order valence-electron chi connectivity index (χ4n) is 1.43. The fourth-order valence-corrected chi connectivity index (χ4v) is 1.73. The first-order chi connectivity index (χ1) is 8.49. The Bertz CT molecular complexity index is 631. The minimum absolute atomic E-state index is 0.165. The van der Waals surface area contributed by atoms with Gasteiger partial charge in [0.2, 0.25) is 5.95 Å². The molecule has 92 valence electrons. The predicted octanol–water partition coefficient (Wildman–Crippen LogP) is 3.89. The molecule has 0 aliphatic heterocycles. The minimum Gasteiger partial charge on any atom is -0.477 e. The number of rotatable bonds is 2. The van der Waals surface area contributed by atoms with Crippen LogP contribution in [0.4, 0.5) is 4.39 Å². The molecule has 6 heteroatoms. The molecule has 0 bridgehead atoms. The van der Waals surface area contributed by atoms with E-state index in [4.69, 9.17) is 28.3 Å². The maximum Gasteiger partial charge on any atom is 0.354 e. The third kappa shape index (κ3) is 2.44. The lowest BCUT2D eigenvalue weighted by Gasteiger charge is -2.05. The Morgan fingerprint density at radius 3 is 2.44 bits per heavy atom. The summed E-state index contributed by atoms with van der Waals surface area (Å²) in [7, 11) is 0. The first-order valence-corrected chi connectivity index (χ1v) is 5.60. The van der Waals surface area contributed by atoms with Crippen molar-refractivity contribution < 1.29 is 14.3 Å². The van der Waals surface area contributed by atoms with Crippen molar-refractivity contribution in [1.82, 2.24) is 4.98 Å². The SMILES string of the molecule is O=C(O)c1ccc(-c2ccc(Cl)c(Cl)c2)c(F)n1. The second-order valence-electron chi connectivity index (χ2n) is 3.47. The first-order valence-electron chi connectivity index (χ1n) is 4.84. The number of nitrogens with zero attached hydrogens (tertiary/aromatic N) is 1. The van der Waals surface area contributed by atoms with Crippen molar-refractivity contribution in [3.8, 4) is 11.1 Å². The summed E-state index contributed by atoms with van der Waals surface area (Å²) in [4.78, 5) is 14.0. The van der Waals surface area contributed by atoms with Gasteiger partial charge in [0.25, 0.3) is 0 Å². The van der Waals surface area contributed by atoms with E-state index in [2.05, 4.69) is 4.98 Å². The summed E-state index contributed by atoms with van der Waals surface area (Å²) in [5, 5.41) is 9.33. The minimum atomic E-state index is -1.28. The van der Waals surface area contributed by atoms with Gasteiger partial charge in [-0.05, 0) is 29.8 Å². The van der Waals surface area contributed by atoms with Crippen LogP contribution in [0.15, 0.2) is 30.3 Å². The van der Waals surface area contributed by atoms with Crippen molar-refractivity contribution in [2.75, 3.05) is 0 Å². The van der Waals surface area contributed by atoms with Crippen molar-refractivity contribution in [2.24, 2.45) is 0 Å².